The van der Waals surface area contributed by atoms with Gasteiger partial charge >= 0.3 is 6.03 Å². The molecule has 0 aliphatic carbocycles. The first-order valence-electron chi connectivity index (χ1n) is 5.13. The minimum atomic E-state index is -0.287. The molecule has 1 aromatic heterocycles. The summed E-state index contributed by atoms with van der Waals surface area (Å²) in [6.07, 6.45) is 0. The summed E-state index contributed by atoms with van der Waals surface area (Å²) in [4.78, 5) is 11.7. The largest absolute Gasteiger partial charge is 0.397 e. The number of anilines is 3. The molecule has 0 spiro atoms. The molecule has 0 aliphatic heterocycles. The maximum absolute atomic E-state index is 11.7. The van der Waals surface area contributed by atoms with Crippen molar-refractivity contribution in [3.05, 3.63) is 41.3 Å². The molecule has 1 aromatic carbocycles. The molecule has 2 aromatic rings. The first kappa shape index (κ1) is 11.5. The maximum atomic E-state index is 11.7. The van der Waals surface area contributed by atoms with Crippen LogP contribution in [0.1, 0.15) is 5.56 Å². The number of urea groups is 1. The first-order valence-corrected chi connectivity index (χ1v) is 6.01. The molecule has 0 unspecified atom stereocenters. The third-order valence-corrected chi connectivity index (χ3v) is 3.00. The Hall–Kier alpha value is -2.01. The van der Waals surface area contributed by atoms with Crippen LogP contribution in [-0.2, 0) is 0 Å². The highest BCUT2D eigenvalue weighted by molar-refractivity contribution is 7.14. The zero-order valence-electron chi connectivity index (χ0n) is 9.36. The van der Waals surface area contributed by atoms with E-state index in [0.717, 1.165) is 10.6 Å². The highest BCUT2D eigenvalue weighted by Gasteiger charge is 2.05. The molecule has 17 heavy (non-hydrogen) atoms. The molecular formula is C12H13N3OS. The molecule has 0 bridgehead atoms. The monoisotopic (exact) mass is 247 g/mol. The van der Waals surface area contributed by atoms with Gasteiger partial charge in [0, 0.05) is 0 Å². The Labute approximate surface area is 103 Å². The minimum absolute atomic E-state index is 0.287. The minimum Gasteiger partial charge on any atom is -0.397 e. The summed E-state index contributed by atoms with van der Waals surface area (Å²) < 4.78 is 0. The van der Waals surface area contributed by atoms with Crippen LogP contribution in [0.3, 0.4) is 0 Å². The molecule has 4 N–H and O–H groups in total. The summed E-state index contributed by atoms with van der Waals surface area (Å²) in [6.45, 7) is 1.95. The van der Waals surface area contributed by atoms with E-state index in [9.17, 15) is 4.79 Å². The molecule has 2 amide bonds. The number of benzene rings is 1. The van der Waals surface area contributed by atoms with E-state index < -0.39 is 0 Å². The smallest absolute Gasteiger partial charge is 0.324 e. The average Bonchev–Trinajstić information content (AvgIpc) is 2.76. The fourth-order valence-corrected chi connectivity index (χ4v) is 2.01. The van der Waals surface area contributed by atoms with Crippen molar-refractivity contribution in [2.24, 2.45) is 0 Å². The Morgan fingerprint density at radius 3 is 2.82 bits per heavy atom. The van der Waals surface area contributed by atoms with Gasteiger partial charge in [-0.2, -0.15) is 0 Å². The zero-order chi connectivity index (χ0) is 12.3. The van der Waals surface area contributed by atoms with Crippen LogP contribution >= 0.6 is 11.3 Å². The van der Waals surface area contributed by atoms with E-state index in [4.69, 9.17) is 5.73 Å². The van der Waals surface area contributed by atoms with Crippen molar-refractivity contribution in [3.63, 3.8) is 0 Å². The number of rotatable bonds is 2. The van der Waals surface area contributed by atoms with Crippen LogP contribution in [0, 0.1) is 6.92 Å². The second kappa shape index (κ2) is 4.88. The van der Waals surface area contributed by atoms with Gasteiger partial charge in [0.15, 0.2) is 0 Å². The lowest BCUT2D eigenvalue weighted by Crippen LogP contribution is -2.19. The van der Waals surface area contributed by atoms with Gasteiger partial charge in [0.05, 0.1) is 16.4 Å². The molecule has 1 heterocycles. The van der Waals surface area contributed by atoms with Gasteiger partial charge in [0.2, 0.25) is 0 Å². The molecule has 0 saturated heterocycles. The van der Waals surface area contributed by atoms with Crippen molar-refractivity contribution in [2.75, 3.05) is 16.4 Å². The fraction of sp³-hybridized carbons (Fsp3) is 0.0833. The van der Waals surface area contributed by atoms with Crippen LogP contribution < -0.4 is 16.4 Å². The Morgan fingerprint density at radius 2 is 2.12 bits per heavy atom. The van der Waals surface area contributed by atoms with Gasteiger partial charge < -0.3 is 11.1 Å². The van der Waals surface area contributed by atoms with Gasteiger partial charge in [0.25, 0.3) is 0 Å². The Balaban J connectivity index is 2.05. The molecule has 0 radical (unpaired) electrons. The van der Waals surface area contributed by atoms with Crippen LogP contribution in [0.4, 0.5) is 21.2 Å². The Morgan fingerprint density at radius 1 is 1.29 bits per heavy atom. The summed E-state index contributed by atoms with van der Waals surface area (Å²) >= 11 is 1.47. The number of nitrogen functional groups attached to an aromatic ring is 1. The molecule has 4 nitrogen and oxygen atoms in total. The van der Waals surface area contributed by atoms with Crippen molar-refractivity contribution < 1.29 is 4.79 Å². The van der Waals surface area contributed by atoms with Crippen LogP contribution in [-0.4, -0.2) is 6.03 Å². The van der Waals surface area contributed by atoms with Crippen LogP contribution in [0.25, 0.3) is 0 Å². The number of aryl methyl sites for hydroxylation is 1. The van der Waals surface area contributed by atoms with E-state index in [1.165, 1.54) is 11.3 Å². The number of carbonyl (C=O) groups is 1. The molecule has 0 atom stereocenters. The summed E-state index contributed by atoms with van der Waals surface area (Å²) in [5, 5.41) is 8.15. The molecule has 2 rings (SSSR count). The van der Waals surface area contributed by atoms with Crippen LogP contribution in [0.2, 0.25) is 0 Å². The predicted octanol–water partition coefficient (Wildman–Crippen LogP) is 3.28. The normalized spacial score (nSPS) is 9.94. The van der Waals surface area contributed by atoms with E-state index in [0.29, 0.717) is 11.4 Å². The highest BCUT2D eigenvalue weighted by atomic mass is 32.1. The van der Waals surface area contributed by atoms with Gasteiger partial charge in [0.1, 0.15) is 0 Å². The highest BCUT2D eigenvalue weighted by Crippen LogP contribution is 2.20. The number of amides is 2. The van der Waals surface area contributed by atoms with Gasteiger partial charge in [-0.15, -0.1) is 11.3 Å². The van der Waals surface area contributed by atoms with Crippen molar-refractivity contribution >= 4 is 33.7 Å². The third kappa shape index (κ3) is 2.98. The lowest BCUT2D eigenvalue weighted by Gasteiger charge is -2.09. The number of carbonyl (C=O) groups excluding carboxylic acids is 1. The molecule has 0 fully saturated rings. The number of hydrogen-bond acceptors (Lipinski definition) is 3. The molecule has 0 saturated carbocycles. The molecule has 5 heteroatoms. The second-order valence-electron chi connectivity index (χ2n) is 3.65. The summed E-state index contributed by atoms with van der Waals surface area (Å²) in [7, 11) is 0. The van der Waals surface area contributed by atoms with Gasteiger partial charge in [-0.05, 0) is 42.1 Å². The fourth-order valence-electron chi connectivity index (χ4n) is 1.39. The van der Waals surface area contributed by atoms with E-state index in [2.05, 4.69) is 10.6 Å². The predicted molar refractivity (Wildman–Crippen MR) is 72.6 cm³/mol. The van der Waals surface area contributed by atoms with Crippen molar-refractivity contribution in [3.8, 4) is 0 Å². The van der Waals surface area contributed by atoms with E-state index in [-0.39, 0.29) is 6.03 Å². The van der Waals surface area contributed by atoms with Gasteiger partial charge in [-0.3, -0.25) is 5.32 Å². The Bertz CT molecular complexity index is 523. The molecular weight excluding hydrogens is 234 g/mol. The quantitative estimate of drug-likeness (QED) is 0.713. The average molecular weight is 247 g/mol. The summed E-state index contributed by atoms with van der Waals surface area (Å²) in [5.41, 5.74) is 7.99. The van der Waals surface area contributed by atoms with Crippen LogP contribution in [0.5, 0.6) is 0 Å². The lowest BCUT2D eigenvalue weighted by atomic mass is 10.2. The SMILES string of the molecule is Cc1ccc(N)c(NC(=O)Nc2cccs2)c1. The van der Waals surface area contributed by atoms with E-state index in [1.54, 1.807) is 6.07 Å². The summed E-state index contributed by atoms with van der Waals surface area (Å²) in [6, 6.07) is 8.94. The van der Waals surface area contributed by atoms with E-state index in [1.807, 2.05) is 36.6 Å². The van der Waals surface area contributed by atoms with Crippen LogP contribution in [0.15, 0.2) is 35.7 Å². The number of thiophene rings is 1. The third-order valence-electron chi connectivity index (χ3n) is 2.21. The number of nitrogens with one attached hydrogen (secondary N) is 2. The Kier molecular flexibility index (Phi) is 3.30. The molecule has 88 valence electrons. The van der Waals surface area contributed by atoms with Crippen molar-refractivity contribution in [1.82, 2.24) is 0 Å². The van der Waals surface area contributed by atoms with Gasteiger partial charge in [-0.25, -0.2) is 4.79 Å². The topological polar surface area (TPSA) is 67.1 Å². The second-order valence-corrected chi connectivity index (χ2v) is 4.59. The zero-order valence-corrected chi connectivity index (χ0v) is 10.2. The lowest BCUT2D eigenvalue weighted by molar-refractivity contribution is 0.262. The van der Waals surface area contributed by atoms with E-state index >= 15 is 0 Å². The first-order chi connectivity index (χ1) is 8.15. The van der Waals surface area contributed by atoms with Gasteiger partial charge in [-0.1, -0.05) is 6.07 Å². The molecule has 0 aliphatic rings. The number of hydrogen-bond donors (Lipinski definition) is 3. The van der Waals surface area contributed by atoms with Crippen molar-refractivity contribution in [1.29, 1.82) is 0 Å². The maximum Gasteiger partial charge on any atom is 0.324 e. The van der Waals surface area contributed by atoms with Crippen molar-refractivity contribution in [2.45, 2.75) is 6.92 Å². The standard InChI is InChI=1S/C12H13N3OS/c1-8-4-5-9(13)10(7-8)14-12(16)15-11-3-2-6-17-11/h2-7H,13H2,1H3,(H2,14,15,16). The number of nitrogens with two attached hydrogens (primary N) is 1. The summed E-state index contributed by atoms with van der Waals surface area (Å²) in [5.74, 6) is 0.